The number of carbonyl (C=O) groups excluding carboxylic acids is 2. The first kappa shape index (κ1) is 17.8. The first-order valence-electron chi connectivity index (χ1n) is 8.31. The molecular formula is C20H18F2N2O2. The fourth-order valence-electron chi connectivity index (χ4n) is 2.78. The Kier molecular flexibility index (Phi) is 5.41. The molecule has 2 aromatic carbocycles. The second kappa shape index (κ2) is 7.91. The van der Waals surface area contributed by atoms with Crippen LogP contribution in [0.2, 0.25) is 0 Å². The van der Waals surface area contributed by atoms with Crippen LogP contribution >= 0.6 is 0 Å². The number of benzene rings is 2. The van der Waals surface area contributed by atoms with Crippen molar-refractivity contribution in [1.29, 1.82) is 0 Å². The van der Waals surface area contributed by atoms with Crippen LogP contribution in [0.25, 0.3) is 6.08 Å². The molecule has 0 bridgehead atoms. The maximum atomic E-state index is 13.7. The van der Waals surface area contributed by atoms with Gasteiger partial charge in [0.1, 0.15) is 11.6 Å². The SMILES string of the molecule is O=C(/C=C/c1ccc(F)cc1)N1CCN(C(=O)c2ccccc2F)CC1. The van der Waals surface area contributed by atoms with Crippen molar-refractivity contribution in [2.24, 2.45) is 0 Å². The summed E-state index contributed by atoms with van der Waals surface area (Å²) >= 11 is 0. The lowest BCUT2D eigenvalue weighted by molar-refractivity contribution is -0.127. The van der Waals surface area contributed by atoms with E-state index < -0.39 is 5.82 Å². The predicted octanol–water partition coefficient (Wildman–Crippen LogP) is 2.96. The van der Waals surface area contributed by atoms with Gasteiger partial charge in [-0.2, -0.15) is 0 Å². The quantitative estimate of drug-likeness (QED) is 0.794. The molecule has 0 radical (unpaired) electrons. The predicted molar refractivity (Wildman–Crippen MR) is 94.3 cm³/mol. The molecule has 3 rings (SSSR count). The van der Waals surface area contributed by atoms with Crippen molar-refractivity contribution in [2.45, 2.75) is 0 Å². The Hall–Kier alpha value is -3.02. The Morgan fingerprint density at radius 1 is 0.846 bits per heavy atom. The van der Waals surface area contributed by atoms with Crippen LogP contribution in [0.15, 0.2) is 54.6 Å². The number of hydrogen-bond donors (Lipinski definition) is 0. The lowest BCUT2D eigenvalue weighted by atomic mass is 10.1. The summed E-state index contributed by atoms with van der Waals surface area (Å²) in [7, 11) is 0. The molecule has 1 aliphatic heterocycles. The smallest absolute Gasteiger partial charge is 0.256 e. The van der Waals surface area contributed by atoms with Crippen molar-refractivity contribution in [3.05, 3.63) is 77.4 Å². The highest BCUT2D eigenvalue weighted by Crippen LogP contribution is 2.13. The highest BCUT2D eigenvalue weighted by molar-refractivity contribution is 5.95. The summed E-state index contributed by atoms with van der Waals surface area (Å²) in [5, 5.41) is 0. The molecule has 0 saturated carbocycles. The standard InChI is InChI=1S/C20H18F2N2O2/c21-16-8-5-15(6-9-16)7-10-19(25)23-11-13-24(14-12-23)20(26)17-3-1-2-4-18(17)22/h1-10H,11-14H2/b10-7+. The van der Waals surface area contributed by atoms with Crippen LogP contribution in [0.5, 0.6) is 0 Å². The molecule has 26 heavy (non-hydrogen) atoms. The summed E-state index contributed by atoms with van der Waals surface area (Å²) in [4.78, 5) is 27.8. The summed E-state index contributed by atoms with van der Waals surface area (Å²) in [6, 6.07) is 11.7. The topological polar surface area (TPSA) is 40.6 Å². The Bertz CT molecular complexity index is 826. The zero-order valence-electron chi connectivity index (χ0n) is 14.1. The van der Waals surface area contributed by atoms with E-state index in [1.807, 2.05) is 0 Å². The van der Waals surface area contributed by atoms with Gasteiger partial charge >= 0.3 is 0 Å². The first-order valence-corrected chi connectivity index (χ1v) is 8.31. The van der Waals surface area contributed by atoms with Crippen molar-refractivity contribution >= 4 is 17.9 Å². The minimum Gasteiger partial charge on any atom is -0.336 e. The number of halogens is 2. The van der Waals surface area contributed by atoms with Gasteiger partial charge in [-0.1, -0.05) is 24.3 Å². The van der Waals surface area contributed by atoms with Gasteiger partial charge in [0.25, 0.3) is 5.91 Å². The third kappa shape index (κ3) is 4.14. The van der Waals surface area contributed by atoms with Crippen LogP contribution in [0.4, 0.5) is 8.78 Å². The average Bonchev–Trinajstić information content (AvgIpc) is 2.67. The second-order valence-electron chi connectivity index (χ2n) is 5.98. The number of carbonyl (C=O) groups is 2. The number of piperazine rings is 1. The van der Waals surface area contributed by atoms with Gasteiger partial charge in [0.2, 0.25) is 5.91 Å². The molecule has 1 fully saturated rings. The summed E-state index contributed by atoms with van der Waals surface area (Å²) in [6.07, 6.45) is 3.06. The monoisotopic (exact) mass is 356 g/mol. The zero-order valence-corrected chi connectivity index (χ0v) is 14.1. The Morgan fingerprint density at radius 3 is 2.12 bits per heavy atom. The van der Waals surface area contributed by atoms with Crippen LogP contribution in [0.1, 0.15) is 15.9 Å². The summed E-state index contributed by atoms with van der Waals surface area (Å²) in [6.45, 7) is 1.46. The fraction of sp³-hybridized carbons (Fsp3) is 0.200. The van der Waals surface area contributed by atoms with Crippen LogP contribution in [-0.2, 0) is 4.79 Å². The highest BCUT2D eigenvalue weighted by Gasteiger charge is 2.25. The molecule has 0 spiro atoms. The van der Waals surface area contributed by atoms with Crippen LogP contribution in [0, 0.1) is 11.6 Å². The van der Waals surface area contributed by atoms with E-state index in [-0.39, 0.29) is 23.2 Å². The van der Waals surface area contributed by atoms with E-state index >= 15 is 0 Å². The molecule has 4 nitrogen and oxygen atoms in total. The third-order valence-electron chi connectivity index (χ3n) is 4.27. The van der Waals surface area contributed by atoms with Gasteiger partial charge in [0, 0.05) is 32.3 Å². The molecule has 0 aromatic heterocycles. The summed E-state index contributed by atoms with van der Waals surface area (Å²) in [5.74, 6) is -1.41. The molecular weight excluding hydrogens is 338 g/mol. The van der Waals surface area contributed by atoms with Crippen molar-refractivity contribution in [2.75, 3.05) is 26.2 Å². The zero-order chi connectivity index (χ0) is 18.5. The van der Waals surface area contributed by atoms with Crippen molar-refractivity contribution < 1.29 is 18.4 Å². The van der Waals surface area contributed by atoms with Crippen molar-refractivity contribution in [1.82, 2.24) is 9.80 Å². The molecule has 1 heterocycles. The largest absolute Gasteiger partial charge is 0.336 e. The maximum Gasteiger partial charge on any atom is 0.256 e. The lowest BCUT2D eigenvalue weighted by Gasteiger charge is -2.34. The van der Waals surface area contributed by atoms with Gasteiger partial charge in [0.05, 0.1) is 5.56 Å². The van der Waals surface area contributed by atoms with E-state index in [0.717, 1.165) is 5.56 Å². The molecule has 1 saturated heterocycles. The van der Waals surface area contributed by atoms with Crippen LogP contribution in [0.3, 0.4) is 0 Å². The molecule has 134 valence electrons. The van der Waals surface area contributed by atoms with Gasteiger partial charge in [-0.3, -0.25) is 9.59 Å². The van der Waals surface area contributed by atoms with Gasteiger partial charge in [0.15, 0.2) is 0 Å². The van der Waals surface area contributed by atoms with E-state index in [1.54, 1.807) is 34.1 Å². The summed E-state index contributed by atoms with van der Waals surface area (Å²) < 4.78 is 26.6. The van der Waals surface area contributed by atoms with E-state index in [9.17, 15) is 18.4 Å². The molecule has 0 N–H and O–H groups in total. The van der Waals surface area contributed by atoms with Gasteiger partial charge in [-0.05, 0) is 35.9 Å². The summed E-state index contributed by atoms with van der Waals surface area (Å²) in [5.41, 5.74) is 0.775. The minimum absolute atomic E-state index is 0.0449. The fourth-order valence-corrected chi connectivity index (χ4v) is 2.78. The second-order valence-corrected chi connectivity index (χ2v) is 5.98. The van der Waals surface area contributed by atoms with E-state index in [0.29, 0.717) is 26.2 Å². The first-order chi connectivity index (χ1) is 12.5. The molecule has 1 aliphatic rings. The van der Waals surface area contributed by atoms with Gasteiger partial charge < -0.3 is 9.80 Å². The van der Waals surface area contributed by atoms with Gasteiger partial charge in [-0.25, -0.2) is 8.78 Å². The highest BCUT2D eigenvalue weighted by atomic mass is 19.1. The van der Waals surface area contributed by atoms with Crippen LogP contribution < -0.4 is 0 Å². The Morgan fingerprint density at radius 2 is 1.46 bits per heavy atom. The third-order valence-corrected chi connectivity index (χ3v) is 4.27. The molecule has 2 aromatic rings. The number of nitrogens with zero attached hydrogens (tertiary/aromatic N) is 2. The Balaban J connectivity index is 1.56. The van der Waals surface area contributed by atoms with E-state index in [1.165, 1.54) is 36.4 Å². The Labute approximate surface area is 150 Å². The van der Waals surface area contributed by atoms with Crippen molar-refractivity contribution in [3.8, 4) is 0 Å². The molecule has 2 amide bonds. The number of amides is 2. The van der Waals surface area contributed by atoms with Crippen LogP contribution in [-0.4, -0.2) is 47.8 Å². The number of rotatable bonds is 3. The van der Waals surface area contributed by atoms with E-state index in [2.05, 4.69) is 0 Å². The maximum absolute atomic E-state index is 13.7. The molecule has 0 aliphatic carbocycles. The van der Waals surface area contributed by atoms with E-state index in [4.69, 9.17) is 0 Å². The minimum atomic E-state index is -0.543. The van der Waals surface area contributed by atoms with Gasteiger partial charge in [-0.15, -0.1) is 0 Å². The molecule has 6 heteroatoms. The average molecular weight is 356 g/mol. The normalized spacial score (nSPS) is 14.7. The lowest BCUT2D eigenvalue weighted by Crippen LogP contribution is -2.50. The number of hydrogen-bond acceptors (Lipinski definition) is 2. The van der Waals surface area contributed by atoms with Crippen molar-refractivity contribution in [3.63, 3.8) is 0 Å². The molecule has 0 unspecified atom stereocenters. The molecule has 0 atom stereocenters.